The number of nitrogens with zero attached hydrogens (tertiary/aromatic N) is 2. The van der Waals surface area contributed by atoms with Gasteiger partial charge < -0.3 is 5.32 Å². The Labute approximate surface area is 149 Å². The Morgan fingerprint density at radius 3 is 2.38 bits per heavy atom. The Bertz CT molecular complexity index is 1070. The number of hydrogen-bond acceptors (Lipinski definition) is 3. The van der Waals surface area contributed by atoms with Crippen LogP contribution in [-0.4, -0.2) is 9.97 Å². The van der Waals surface area contributed by atoms with Crippen molar-refractivity contribution in [3.8, 4) is 11.4 Å². The summed E-state index contributed by atoms with van der Waals surface area (Å²) in [4.78, 5) is 9.23. The molecule has 4 aromatic rings. The van der Waals surface area contributed by atoms with E-state index >= 15 is 0 Å². The van der Waals surface area contributed by atoms with Crippen molar-refractivity contribution >= 4 is 16.7 Å². The monoisotopic (exact) mass is 347 g/mol. The van der Waals surface area contributed by atoms with E-state index in [4.69, 9.17) is 0 Å². The summed E-state index contributed by atoms with van der Waals surface area (Å²) < 4.78 is 27.0. The van der Waals surface area contributed by atoms with E-state index < -0.39 is 11.6 Å². The topological polar surface area (TPSA) is 37.8 Å². The van der Waals surface area contributed by atoms with Gasteiger partial charge in [-0.25, -0.2) is 18.7 Å². The molecule has 0 saturated heterocycles. The van der Waals surface area contributed by atoms with E-state index in [1.807, 2.05) is 54.6 Å². The minimum Gasteiger partial charge on any atom is -0.365 e. The van der Waals surface area contributed by atoms with E-state index in [9.17, 15) is 8.78 Å². The third kappa shape index (κ3) is 3.24. The van der Waals surface area contributed by atoms with Crippen LogP contribution in [0.5, 0.6) is 0 Å². The van der Waals surface area contributed by atoms with Crippen molar-refractivity contribution in [2.45, 2.75) is 6.54 Å². The highest BCUT2D eigenvalue weighted by Gasteiger charge is 2.10. The minimum absolute atomic E-state index is 0.196. The van der Waals surface area contributed by atoms with Gasteiger partial charge in [0.2, 0.25) is 0 Å². The molecule has 5 heteroatoms. The largest absolute Gasteiger partial charge is 0.365 e. The molecule has 0 unspecified atom stereocenters. The molecule has 1 N–H and O–H groups in total. The fraction of sp³-hybridized carbons (Fsp3) is 0.0476. The maximum Gasteiger partial charge on any atom is 0.162 e. The van der Waals surface area contributed by atoms with Crippen LogP contribution in [0.15, 0.2) is 72.8 Å². The lowest BCUT2D eigenvalue weighted by Crippen LogP contribution is -2.06. The number of nitrogens with one attached hydrogen (secondary N) is 1. The molecule has 3 aromatic carbocycles. The molecule has 0 saturated carbocycles. The Morgan fingerprint density at radius 1 is 0.808 bits per heavy atom. The first-order valence-corrected chi connectivity index (χ1v) is 8.21. The van der Waals surface area contributed by atoms with Crippen LogP contribution in [0.4, 0.5) is 14.6 Å². The van der Waals surface area contributed by atoms with Gasteiger partial charge in [0.05, 0.1) is 5.52 Å². The average Bonchev–Trinajstić information content (AvgIpc) is 2.67. The molecule has 0 aliphatic rings. The molecule has 26 heavy (non-hydrogen) atoms. The number of aromatic nitrogens is 2. The van der Waals surface area contributed by atoms with Gasteiger partial charge in [0.1, 0.15) is 17.5 Å². The summed E-state index contributed by atoms with van der Waals surface area (Å²) in [6, 6.07) is 20.8. The van der Waals surface area contributed by atoms with Crippen LogP contribution in [0.3, 0.4) is 0 Å². The lowest BCUT2D eigenvalue weighted by atomic mass is 10.1. The lowest BCUT2D eigenvalue weighted by Gasteiger charge is -2.11. The quantitative estimate of drug-likeness (QED) is 0.552. The van der Waals surface area contributed by atoms with Gasteiger partial charge in [-0.15, -0.1) is 0 Å². The van der Waals surface area contributed by atoms with Crippen LogP contribution < -0.4 is 5.32 Å². The smallest absolute Gasteiger partial charge is 0.162 e. The summed E-state index contributed by atoms with van der Waals surface area (Å²) in [5, 5.41) is 4.00. The number of fused-ring (bicyclic) bond motifs is 1. The highest BCUT2D eigenvalue weighted by atomic mass is 19.1. The van der Waals surface area contributed by atoms with Crippen molar-refractivity contribution in [3.05, 3.63) is 90.0 Å². The Kier molecular flexibility index (Phi) is 4.27. The Morgan fingerprint density at radius 2 is 1.58 bits per heavy atom. The van der Waals surface area contributed by atoms with Crippen molar-refractivity contribution < 1.29 is 8.78 Å². The molecule has 4 rings (SSSR count). The molecular weight excluding hydrogens is 332 g/mol. The number of hydrogen-bond donors (Lipinski definition) is 1. The molecule has 3 nitrogen and oxygen atoms in total. The molecular formula is C21H15F2N3. The first-order chi connectivity index (χ1) is 12.7. The van der Waals surface area contributed by atoms with Crippen molar-refractivity contribution in [3.63, 3.8) is 0 Å². The molecule has 0 amide bonds. The van der Waals surface area contributed by atoms with Gasteiger partial charge in [-0.05, 0) is 18.2 Å². The van der Waals surface area contributed by atoms with Crippen LogP contribution >= 0.6 is 0 Å². The number of para-hydroxylation sites is 1. The zero-order chi connectivity index (χ0) is 17.9. The Hall–Kier alpha value is -3.34. The third-order valence-electron chi connectivity index (χ3n) is 4.10. The van der Waals surface area contributed by atoms with Crippen molar-refractivity contribution in [2.24, 2.45) is 0 Å². The van der Waals surface area contributed by atoms with E-state index in [-0.39, 0.29) is 6.54 Å². The van der Waals surface area contributed by atoms with Gasteiger partial charge in [-0.3, -0.25) is 0 Å². The fourth-order valence-electron chi connectivity index (χ4n) is 2.77. The van der Waals surface area contributed by atoms with Gasteiger partial charge >= 0.3 is 0 Å². The molecule has 128 valence electrons. The van der Waals surface area contributed by atoms with Crippen LogP contribution in [0.1, 0.15) is 5.56 Å². The zero-order valence-corrected chi connectivity index (χ0v) is 13.8. The summed E-state index contributed by atoms with van der Waals surface area (Å²) in [5.41, 5.74) is 2.06. The van der Waals surface area contributed by atoms with Gasteiger partial charge in [0.25, 0.3) is 0 Å². The van der Waals surface area contributed by atoms with Crippen LogP contribution in [0, 0.1) is 11.6 Å². The molecule has 0 bridgehead atoms. The second-order valence-electron chi connectivity index (χ2n) is 5.87. The summed E-state index contributed by atoms with van der Waals surface area (Å²) >= 11 is 0. The number of anilines is 1. The van der Waals surface area contributed by atoms with Crippen molar-refractivity contribution in [1.29, 1.82) is 0 Å². The highest BCUT2D eigenvalue weighted by Crippen LogP contribution is 2.25. The summed E-state index contributed by atoms with van der Waals surface area (Å²) in [7, 11) is 0. The van der Waals surface area contributed by atoms with Crippen LogP contribution in [-0.2, 0) is 6.54 Å². The molecule has 0 aliphatic carbocycles. The van der Waals surface area contributed by atoms with Gasteiger partial charge in [-0.2, -0.15) is 0 Å². The van der Waals surface area contributed by atoms with E-state index in [1.165, 1.54) is 12.1 Å². The third-order valence-corrected chi connectivity index (χ3v) is 4.10. The van der Waals surface area contributed by atoms with E-state index in [1.54, 1.807) is 0 Å². The fourth-order valence-corrected chi connectivity index (χ4v) is 2.77. The van der Waals surface area contributed by atoms with E-state index in [0.717, 1.165) is 22.5 Å². The van der Waals surface area contributed by atoms with Crippen LogP contribution in [0.2, 0.25) is 0 Å². The predicted octanol–water partition coefficient (Wildman–Crippen LogP) is 5.19. The summed E-state index contributed by atoms with van der Waals surface area (Å²) in [5.74, 6) is 0.0220. The predicted molar refractivity (Wildman–Crippen MR) is 98.7 cm³/mol. The van der Waals surface area contributed by atoms with E-state index in [0.29, 0.717) is 17.2 Å². The Balaban J connectivity index is 1.73. The maximum absolute atomic E-state index is 13.9. The molecule has 1 aromatic heterocycles. The molecule has 1 heterocycles. The highest BCUT2D eigenvalue weighted by molar-refractivity contribution is 5.90. The first-order valence-electron chi connectivity index (χ1n) is 8.21. The minimum atomic E-state index is -0.593. The second-order valence-corrected chi connectivity index (χ2v) is 5.87. The first kappa shape index (κ1) is 16.1. The number of rotatable bonds is 4. The van der Waals surface area contributed by atoms with Crippen LogP contribution in [0.25, 0.3) is 22.3 Å². The van der Waals surface area contributed by atoms with Gasteiger partial charge in [0.15, 0.2) is 5.82 Å². The zero-order valence-electron chi connectivity index (χ0n) is 13.8. The molecule has 0 atom stereocenters. The second kappa shape index (κ2) is 6.88. The van der Waals surface area contributed by atoms with Crippen molar-refractivity contribution in [1.82, 2.24) is 9.97 Å². The number of benzene rings is 3. The van der Waals surface area contributed by atoms with Gasteiger partial charge in [0, 0.05) is 29.1 Å². The SMILES string of the molecule is Fc1ccc(CNc2nc(-c3ccccc3)nc3ccccc23)c(F)c1. The number of halogens is 2. The van der Waals surface area contributed by atoms with Gasteiger partial charge in [-0.1, -0.05) is 48.5 Å². The molecule has 0 spiro atoms. The summed E-state index contributed by atoms with van der Waals surface area (Å²) in [6.45, 7) is 0.196. The standard InChI is InChI=1S/C21H15F2N3/c22-16-11-10-15(18(23)12-16)13-24-21-17-8-4-5-9-19(17)25-20(26-21)14-6-2-1-3-7-14/h1-12H,13H2,(H,24,25,26). The lowest BCUT2D eigenvalue weighted by molar-refractivity contribution is 0.574. The molecule has 0 fully saturated rings. The van der Waals surface area contributed by atoms with E-state index in [2.05, 4.69) is 15.3 Å². The average molecular weight is 347 g/mol. The molecule has 0 aliphatic heterocycles. The van der Waals surface area contributed by atoms with Crippen molar-refractivity contribution in [2.75, 3.05) is 5.32 Å². The maximum atomic E-state index is 13.9. The normalized spacial score (nSPS) is 10.8. The summed E-state index contributed by atoms with van der Waals surface area (Å²) in [6.07, 6.45) is 0. The molecule has 0 radical (unpaired) electrons.